The van der Waals surface area contributed by atoms with Crippen molar-refractivity contribution in [2.75, 3.05) is 19.0 Å². The second kappa shape index (κ2) is 13.2. The minimum Gasteiger partial charge on any atom is -0.463 e. The van der Waals surface area contributed by atoms with Gasteiger partial charge in [-0.2, -0.15) is 5.26 Å². The monoisotopic (exact) mass is 407 g/mol. The van der Waals surface area contributed by atoms with E-state index in [2.05, 4.69) is 6.07 Å². The largest absolute Gasteiger partial charge is 0.463 e. The van der Waals surface area contributed by atoms with Crippen molar-refractivity contribution in [2.45, 2.75) is 45.6 Å². The Labute approximate surface area is 171 Å². The van der Waals surface area contributed by atoms with Crippen LogP contribution in [0.2, 0.25) is 0 Å². The summed E-state index contributed by atoms with van der Waals surface area (Å²) in [5.74, 6) is -0.192. The van der Waals surface area contributed by atoms with E-state index in [1.165, 1.54) is 0 Å². The molecule has 0 saturated heterocycles. The Balaban J connectivity index is 2.42. The molecule has 1 rings (SSSR count). The number of thioether (sulfide) groups is 1. The van der Waals surface area contributed by atoms with Gasteiger partial charge in [-0.05, 0) is 43.0 Å². The maximum absolute atomic E-state index is 12.0. The minimum absolute atomic E-state index is 0.0507. The number of ether oxygens (including phenoxy) is 2. The van der Waals surface area contributed by atoms with E-state index in [0.717, 1.165) is 17.3 Å². The van der Waals surface area contributed by atoms with Crippen LogP contribution in [-0.4, -0.2) is 41.4 Å². The SMILES string of the molecule is CCC(C)C(=O)OCC(O)COC(=O)SCC(CC(C)C#N)c1ccccc1. The molecule has 28 heavy (non-hydrogen) atoms. The average molecular weight is 408 g/mol. The lowest BCUT2D eigenvalue weighted by atomic mass is 9.92. The lowest BCUT2D eigenvalue weighted by Crippen LogP contribution is -2.26. The number of rotatable bonds is 11. The third-order valence-electron chi connectivity index (χ3n) is 4.36. The van der Waals surface area contributed by atoms with Crippen molar-refractivity contribution in [1.82, 2.24) is 0 Å². The summed E-state index contributed by atoms with van der Waals surface area (Å²) in [5.41, 5.74) is 1.07. The Bertz CT molecular complexity index is 646. The fourth-order valence-electron chi connectivity index (χ4n) is 2.41. The van der Waals surface area contributed by atoms with Gasteiger partial charge in [-0.3, -0.25) is 4.79 Å². The topological polar surface area (TPSA) is 96.6 Å². The van der Waals surface area contributed by atoms with E-state index in [9.17, 15) is 14.7 Å². The normalized spacial score (nSPS) is 15.0. The average Bonchev–Trinajstić information content (AvgIpc) is 2.72. The molecule has 0 aliphatic rings. The summed E-state index contributed by atoms with van der Waals surface area (Å²) in [4.78, 5) is 23.6. The zero-order valence-electron chi connectivity index (χ0n) is 16.7. The fourth-order valence-corrected chi connectivity index (χ4v) is 3.23. The van der Waals surface area contributed by atoms with Gasteiger partial charge < -0.3 is 14.6 Å². The van der Waals surface area contributed by atoms with E-state index in [4.69, 9.17) is 14.7 Å². The molecule has 0 fully saturated rings. The molecule has 0 radical (unpaired) electrons. The number of benzene rings is 1. The van der Waals surface area contributed by atoms with Crippen molar-refractivity contribution in [3.05, 3.63) is 35.9 Å². The molecule has 0 aliphatic carbocycles. The molecule has 0 amide bonds. The standard InChI is InChI=1S/C21H29NO5S/c1-4-16(3)20(24)26-12-19(23)13-27-21(25)28-14-18(10-15(2)11-22)17-8-6-5-7-9-17/h5-9,15-16,18-19,23H,4,10,12-14H2,1-3H3. The third kappa shape index (κ3) is 9.25. The van der Waals surface area contributed by atoms with Gasteiger partial charge in [0, 0.05) is 11.7 Å². The number of nitrogens with zero attached hydrogens (tertiary/aromatic N) is 1. The molecule has 1 aromatic rings. The molecular formula is C21H29NO5S. The van der Waals surface area contributed by atoms with Crippen molar-refractivity contribution in [3.8, 4) is 6.07 Å². The molecule has 1 aromatic carbocycles. The van der Waals surface area contributed by atoms with Crippen LogP contribution in [0, 0.1) is 23.2 Å². The first-order chi connectivity index (χ1) is 13.4. The van der Waals surface area contributed by atoms with Gasteiger partial charge in [0.1, 0.15) is 19.3 Å². The second-order valence-corrected chi connectivity index (χ2v) is 7.79. The van der Waals surface area contributed by atoms with Crippen LogP contribution in [0.15, 0.2) is 30.3 Å². The van der Waals surface area contributed by atoms with Crippen molar-refractivity contribution < 1.29 is 24.2 Å². The Hall–Kier alpha value is -2.04. The lowest BCUT2D eigenvalue weighted by molar-refractivity contribution is -0.151. The first-order valence-corrected chi connectivity index (χ1v) is 10.4. The van der Waals surface area contributed by atoms with Crippen LogP contribution in [-0.2, 0) is 14.3 Å². The van der Waals surface area contributed by atoms with E-state index in [1.807, 2.05) is 44.2 Å². The molecule has 0 aromatic heterocycles. The predicted molar refractivity (Wildman–Crippen MR) is 109 cm³/mol. The van der Waals surface area contributed by atoms with Gasteiger partial charge in [0.15, 0.2) is 0 Å². The van der Waals surface area contributed by atoms with Crippen LogP contribution >= 0.6 is 11.8 Å². The molecule has 0 aliphatic heterocycles. The second-order valence-electron chi connectivity index (χ2n) is 6.84. The summed E-state index contributed by atoms with van der Waals surface area (Å²) in [5, 5.41) is 18.4. The smallest absolute Gasteiger partial charge is 0.367 e. The van der Waals surface area contributed by atoms with Crippen LogP contribution < -0.4 is 0 Å². The number of aliphatic hydroxyl groups is 1. The summed E-state index contributed by atoms with van der Waals surface area (Å²) >= 11 is 1.02. The number of carbonyl (C=O) groups excluding carboxylic acids is 2. The van der Waals surface area contributed by atoms with Crippen molar-refractivity contribution in [1.29, 1.82) is 5.26 Å². The summed E-state index contributed by atoms with van der Waals surface area (Å²) in [6.45, 7) is 5.05. The molecule has 0 bridgehead atoms. The molecular weight excluding hydrogens is 378 g/mol. The molecule has 1 N–H and O–H groups in total. The molecule has 0 heterocycles. The van der Waals surface area contributed by atoms with Crippen LogP contribution in [0.25, 0.3) is 0 Å². The van der Waals surface area contributed by atoms with Crippen LogP contribution in [0.4, 0.5) is 4.79 Å². The third-order valence-corrected chi connectivity index (χ3v) is 5.28. The van der Waals surface area contributed by atoms with Crippen molar-refractivity contribution >= 4 is 23.0 Å². The van der Waals surface area contributed by atoms with Gasteiger partial charge >= 0.3 is 11.3 Å². The number of nitriles is 1. The van der Waals surface area contributed by atoms with E-state index < -0.39 is 11.4 Å². The van der Waals surface area contributed by atoms with Crippen LogP contribution in [0.5, 0.6) is 0 Å². The van der Waals surface area contributed by atoms with E-state index in [1.54, 1.807) is 6.92 Å². The molecule has 0 spiro atoms. The number of hydrogen-bond donors (Lipinski definition) is 1. The molecule has 4 atom stereocenters. The maximum atomic E-state index is 12.0. The number of carbonyl (C=O) groups is 2. The highest BCUT2D eigenvalue weighted by Crippen LogP contribution is 2.28. The highest BCUT2D eigenvalue weighted by molar-refractivity contribution is 8.13. The molecule has 7 heteroatoms. The lowest BCUT2D eigenvalue weighted by Gasteiger charge is -2.18. The Kier molecular flexibility index (Phi) is 11.3. The summed E-state index contributed by atoms with van der Waals surface area (Å²) < 4.78 is 10.0. The molecule has 4 unspecified atom stereocenters. The van der Waals surface area contributed by atoms with Gasteiger partial charge in [0.25, 0.3) is 0 Å². The highest BCUT2D eigenvalue weighted by Gasteiger charge is 2.19. The minimum atomic E-state index is -1.05. The summed E-state index contributed by atoms with van der Waals surface area (Å²) in [7, 11) is 0. The van der Waals surface area contributed by atoms with Crippen molar-refractivity contribution in [3.63, 3.8) is 0 Å². The van der Waals surface area contributed by atoms with Crippen LogP contribution in [0.3, 0.4) is 0 Å². The van der Waals surface area contributed by atoms with Gasteiger partial charge in [-0.25, -0.2) is 4.79 Å². The van der Waals surface area contributed by atoms with Crippen molar-refractivity contribution in [2.24, 2.45) is 11.8 Å². The molecule has 0 saturated carbocycles. The number of aliphatic hydroxyl groups excluding tert-OH is 1. The maximum Gasteiger partial charge on any atom is 0.367 e. The highest BCUT2D eigenvalue weighted by atomic mass is 32.2. The Morgan fingerprint density at radius 2 is 1.82 bits per heavy atom. The van der Waals surface area contributed by atoms with Gasteiger partial charge in [0.05, 0.1) is 12.0 Å². The van der Waals surface area contributed by atoms with Gasteiger partial charge in [0.2, 0.25) is 0 Å². The summed E-state index contributed by atoms with van der Waals surface area (Å²) in [6.07, 6.45) is 0.254. The Morgan fingerprint density at radius 1 is 1.18 bits per heavy atom. The van der Waals surface area contributed by atoms with E-state index in [0.29, 0.717) is 18.6 Å². The first kappa shape index (κ1) is 24.0. The zero-order valence-corrected chi connectivity index (χ0v) is 17.5. The molecule has 6 nitrogen and oxygen atoms in total. The quantitative estimate of drug-likeness (QED) is 0.551. The zero-order chi connectivity index (χ0) is 20.9. The van der Waals surface area contributed by atoms with E-state index >= 15 is 0 Å². The first-order valence-electron chi connectivity index (χ1n) is 9.46. The Morgan fingerprint density at radius 3 is 2.43 bits per heavy atom. The molecule has 154 valence electrons. The van der Waals surface area contributed by atoms with Crippen LogP contribution in [0.1, 0.15) is 45.1 Å². The number of esters is 1. The number of hydrogen-bond acceptors (Lipinski definition) is 7. The van der Waals surface area contributed by atoms with Gasteiger partial charge in [-0.15, -0.1) is 0 Å². The summed E-state index contributed by atoms with van der Waals surface area (Å²) in [6, 6.07) is 12.0. The van der Waals surface area contributed by atoms with E-state index in [-0.39, 0.29) is 36.9 Å². The van der Waals surface area contributed by atoms with Gasteiger partial charge in [-0.1, -0.05) is 44.2 Å². The fraction of sp³-hybridized carbons (Fsp3) is 0.571. The predicted octanol–water partition coefficient (Wildman–Crippen LogP) is 4.14.